The Morgan fingerprint density at radius 2 is 1.59 bits per heavy atom. The van der Waals surface area contributed by atoms with Gasteiger partial charge in [0.2, 0.25) is 0 Å². The second-order valence-corrected chi connectivity index (χ2v) is 6.61. The van der Waals surface area contributed by atoms with Crippen LogP contribution in [0.5, 0.6) is 0 Å². The van der Waals surface area contributed by atoms with Gasteiger partial charge in [-0.1, -0.05) is 19.3 Å². The van der Waals surface area contributed by atoms with Gasteiger partial charge in [-0.15, -0.1) is 0 Å². The zero-order chi connectivity index (χ0) is 13.1. The van der Waals surface area contributed by atoms with Crippen LogP contribution in [0.15, 0.2) is 0 Å². The number of rotatable bonds is 3. The van der Waals surface area contributed by atoms with Crippen molar-refractivity contribution in [1.29, 1.82) is 0 Å². The summed E-state index contributed by atoms with van der Waals surface area (Å²) in [5, 5.41) is 3.44. The zero-order valence-electron chi connectivity index (χ0n) is 11.9. The molecule has 0 aromatic rings. The van der Waals surface area contributed by atoms with Crippen molar-refractivity contribution in [1.82, 2.24) is 5.32 Å². The van der Waals surface area contributed by atoms with Crippen molar-refractivity contribution in [3.63, 3.8) is 0 Å². The molecule has 1 N–H and O–H groups in total. The Morgan fingerprint density at radius 3 is 2.06 bits per heavy atom. The summed E-state index contributed by atoms with van der Waals surface area (Å²) in [6, 6.07) is 0.464. The molecule has 0 unspecified atom stereocenters. The normalized spacial score (nSPS) is 19.1. The molecule has 100 valence electrons. The topological polar surface area (TPSA) is 38.3 Å². The minimum atomic E-state index is -0.588. The molecular weight excluding hydrogens is 214 g/mol. The Labute approximate surface area is 105 Å². The first-order chi connectivity index (χ1) is 7.71. The van der Waals surface area contributed by atoms with Crippen molar-refractivity contribution in [2.24, 2.45) is 0 Å². The second kappa shape index (κ2) is 5.38. The van der Waals surface area contributed by atoms with E-state index in [1.165, 1.54) is 32.1 Å². The molecule has 0 bridgehead atoms. The highest BCUT2D eigenvalue weighted by Crippen LogP contribution is 2.21. The van der Waals surface area contributed by atoms with Crippen molar-refractivity contribution in [3.05, 3.63) is 0 Å². The summed E-state index contributed by atoms with van der Waals surface area (Å²) in [7, 11) is 0. The maximum atomic E-state index is 12.1. The molecule has 1 fully saturated rings. The molecule has 0 amide bonds. The number of esters is 1. The average Bonchev–Trinajstić information content (AvgIpc) is 2.15. The van der Waals surface area contributed by atoms with Crippen LogP contribution in [0, 0.1) is 0 Å². The molecule has 3 heteroatoms. The van der Waals surface area contributed by atoms with Crippen LogP contribution in [0.1, 0.15) is 66.7 Å². The van der Waals surface area contributed by atoms with Gasteiger partial charge in [0.05, 0.1) is 0 Å². The van der Waals surface area contributed by atoms with Gasteiger partial charge < -0.3 is 4.74 Å². The van der Waals surface area contributed by atoms with E-state index in [4.69, 9.17) is 4.74 Å². The Morgan fingerprint density at radius 1 is 1.06 bits per heavy atom. The summed E-state index contributed by atoms with van der Waals surface area (Å²) in [5.74, 6) is -0.157. The summed E-state index contributed by atoms with van der Waals surface area (Å²) in [6.07, 6.45) is 6.20. The van der Waals surface area contributed by atoms with E-state index in [1.54, 1.807) is 0 Å². The summed E-state index contributed by atoms with van der Waals surface area (Å²) in [5.41, 5.74) is -1.00. The Kier molecular flexibility index (Phi) is 4.59. The van der Waals surface area contributed by atoms with Crippen LogP contribution in [-0.4, -0.2) is 23.2 Å². The number of carbonyl (C=O) groups is 1. The van der Waals surface area contributed by atoms with Crippen molar-refractivity contribution in [2.75, 3.05) is 0 Å². The maximum absolute atomic E-state index is 12.1. The van der Waals surface area contributed by atoms with Gasteiger partial charge in [0.25, 0.3) is 0 Å². The minimum absolute atomic E-state index is 0.157. The van der Waals surface area contributed by atoms with Crippen LogP contribution >= 0.6 is 0 Å². The van der Waals surface area contributed by atoms with Crippen LogP contribution < -0.4 is 5.32 Å². The highest BCUT2D eigenvalue weighted by Gasteiger charge is 2.34. The molecule has 0 spiro atoms. The van der Waals surface area contributed by atoms with Crippen LogP contribution in [-0.2, 0) is 9.53 Å². The van der Waals surface area contributed by atoms with Gasteiger partial charge in [-0.2, -0.15) is 0 Å². The molecule has 0 saturated heterocycles. The fourth-order valence-electron chi connectivity index (χ4n) is 2.22. The third kappa shape index (κ3) is 5.07. The van der Waals surface area contributed by atoms with Gasteiger partial charge >= 0.3 is 5.97 Å². The van der Waals surface area contributed by atoms with Crippen LogP contribution in [0.2, 0.25) is 0 Å². The van der Waals surface area contributed by atoms with E-state index < -0.39 is 11.1 Å². The van der Waals surface area contributed by atoms with Crippen LogP contribution in [0.3, 0.4) is 0 Å². The third-order valence-corrected chi connectivity index (χ3v) is 3.08. The van der Waals surface area contributed by atoms with E-state index in [-0.39, 0.29) is 5.97 Å². The molecule has 0 aromatic heterocycles. The lowest BCUT2D eigenvalue weighted by atomic mass is 9.92. The van der Waals surface area contributed by atoms with Crippen LogP contribution in [0.25, 0.3) is 0 Å². The second-order valence-electron chi connectivity index (χ2n) is 6.61. The number of hydrogen-bond donors (Lipinski definition) is 1. The Hall–Kier alpha value is -0.570. The molecule has 0 atom stereocenters. The fraction of sp³-hybridized carbons (Fsp3) is 0.929. The van der Waals surface area contributed by atoms with Gasteiger partial charge in [-0.3, -0.25) is 10.1 Å². The van der Waals surface area contributed by atoms with E-state index in [1.807, 2.05) is 34.6 Å². The fourth-order valence-corrected chi connectivity index (χ4v) is 2.22. The molecule has 1 aliphatic carbocycles. The first kappa shape index (κ1) is 14.5. The van der Waals surface area contributed by atoms with E-state index in [9.17, 15) is 4.79 Å². The molecule has 0 aliphatic heterocycles. The number of hydrogen-bond acceptors (Lipinski definition) is 3. The zero-order valence-corrected chi connectivity index (χ0v) is 11.9. The molecule has 17 heavy (non-hydrogen) atoms. The Balaban J connectivity index is 2.51. The van der Waals surface area contributed by atoms with Crippen molar-refractivity contribution >= 4 is 5.97 Å². The smallest absolute Gasteiger partial charge is 0.326 e. The number of nitrogens with one attached hydrogen (secondary N) is 1. The lowest BCUT2D eigenvalue weighted by molar-refractivity contribution is -0.162. The summed E-state index contributed by atoms with van der Waals surface area (Å²) >= 11 is 0. The third-order valence-electron chi connectivity index (χ3n) is 3.08. The molecule has 0 heterocycles. The molecule has 1 rings (SSSR count). The van der Waals surface area contributed by atoms with E-state index in [0.717, 1.165) is 0 Å². The predicted molar refractivity (Wildman–Crippen MR) is 69.9 cm³/mol. The first-order valence-electron chi connectivity index (χ1n) is 6.72. The van der Waals surface area contributed by atoms with Gasteiger partial charge in [0, 0.05) is 6.04 Å². The number of ether oxygens (including phenoxy) is 1. The molecule has 0 aromatic carbocycles. The highest BCUT2D eigenvalue weighted by atomic mass is 16.6. The van der Waals surface area contributed by atoms with Crippen molar-refractivity contribution in [2.45, 2.75) is 83.9 Å². The molecule has 1 saturated carbocycles. The molecule has 3 nitrogen and oxygen atoms in total. The quantitative estimate of drug-likeness (QED) is 0.772. The Bertz CT molecular complexity index is 260. The van der Waals surface area contributed by atoms with Crippen molar-refractivity contribution < 1.29 is 9.53 Å². The monoisotopic (exact) mass is 241 g/mol. The SMILES string of the molecule is CC(C)(C)OC(=O)C(C)(C)NC1CCCCC1. The largest absolute Gasteiger partial charge is 0.459 e. The first-order valence-corrected chi connectivity index (χ1v) is 6.72. The summed E-state index contributed by atoms with van der Waals surface area (Å²) in [6.45, 7) is 9.54. The van der Waals surface area contributed by atoms with Crippen LogP contribution in [0.4, 0.5) is 0 Å². The van der Waals surface area contributed by atoms with E-state index >= 15 is 0 Å². The molecule has 0 radical (unpaired) electrons. The lowest BCUT2D eigenvalue weighted by Crippen LogP contribution is -2.54. The average molecular weight is 241 g/mol. The van der Waals surface area contributed by atoms with Crippen molar-refractivity contribution in [3.8, 4) is 0 Å². The summed E-state index contributed by atoms with van der Waals surface area (Å²) in [4.78, 5) is 12.1. The molecular formula is C14H27NO2. The van der Waals surface area contributed by atoms with Gasteiger partial charge in [-0.05, 0) is 47.5 Å². The standard InChI is InChI=1S/C14H27NO2/c1-13(2,3)17-12(16)14(4,5)15-11-9-7-6-8-10-11/h11,15H,6-10H2,1-5H3. The highest BCUT2D eigenvalue weighted by molar-refractivity contribution is 5.80. The summed E-state index contributed by atoms with van der Waals surface area (Å²) < 4.78 is 5.44. The minimum Gasteiger partial charge on any atom is -0.459 e. The van der Waals surface area contributed by atoms with E-state index in [2.05, 4.69) is 5.32 Å². The maximum Gasteiger partial charge on any atom is 0.326 e. The lowest BCUT2D eigenvalue weighted by Gasteiger charge is -2.34. The predicted octanol–water partition coefficient (Wildman–Crippen LogP) is 3.03. The number of carbonyl (C=O) groups excluding carboxylic acids is 1. The van der Waals surface area contributed by atoms with Gasteiger partial charge in [0.15, 0.2) is 0 Å². The molecule has 1 aliphatic rings. The van der Waals surface area contributed by atoms with E-state index in [0.29, 0.717) is 6.04 Å². The van der Waals surface area contributed by atoms with Gasteiger partial charge in [0.1, 0.15) is 11.1 Å². The van der Waals surface area contributed by atoms with Gasteiger partial charge in [-0.25, -0.2) is 0 Å².